The van der Waals surface area contributed by atoms with Crippen molar-refractivity contribution in [3.63, 3.8) is 0 Å². The van der Waals surface area contributed by atoms with Crippen LogP contribution in [0.3, 0.4) is 0 Å². The monoisotopic (exact) mass is 472 g/mol. The summed E-state index contributed by atoms with van der Waals surface area (Å²) in [6.07, 6.45) is 2.98. The molecule has 0 spiro atoms. The maximum Gasteiger partial charge on any atom is 0.101 e. The van der Waals surface area contributed by atoms with Gasteiger partial charge < -0.3 is 25.0 Å². The first-order chi connectivity index (χ1) is 17.0. The molecule has 2 aliphatic heterocycles. The summed E-state index contributed by atoms with van der Waals surface area (Å²) in [5.41, 5.74) is 5.23. The summed E-state index contributed by atoms with van der Waals surface area (Å²) < 4.78 is 6.29. The summed E-state index contributed by atoms with van der Waals surface area (Å²) in [5.74, 6) is 0. The highest BCUT2D eigenvalue weighted by atomic mass is 16.5. The van der Waals surface area contributed by atoms with Gasteiger partial charge in [0.25, 0.3) is 0 Å². The van der Waals surface area contributed by atoms with E-state index >= 15 is 0 Å². The van der Waals surface area contributed by atoms with Crippen LogP contribution in [0.4, 0.5) is 11.4 Å². The number of aliphatic hydroxyl groups excluding tert-OH is 1. The van der Waals surface area contributed by atoms with Crippen LogP contribution in [0.1, 0.15) is 30.3 Å². The zero-order valence-electron chi connectivity index (χ0n) is 20.3. The molecular formula is C27H32N6O2. The van der Waals surface area contributed by atoms with E-state index in [-0.39, 0.29) is 18.8 Å². The number of nitrogens with one attached hydrogen (secondary N) is 1. The van der Waals surface area contributed by atoms with Crippen molar-refractivity contribution in [1.82, 2.24) is 15.3 Å². The molecule has 182 valence electrons. The highest BCUT2D eigenvalue weighted by Crippen LogP contribution is 2.30. The Bertz CT molecular complexity index is 1240. The molecule has 8 nitrogen and oxygen atoms in total. The van der Waals surface area contributed by atoms with Crippen LogP contribution < -0.4 is 15.1 Å². The molecule has 2 saturated heterocycles. The van der Waals surface area contributed by atoms with Gasteiger partial charge in [0.05, 0.1) is 35.6 Å². The third-order valence-electron chi connectivity index (χ3n) is 6.87. The van der Waals surface area contributed by atoms with Crippen molar-refractivity contribution in [2.75, 3.05) is 42.5 Å². The molecule has 2 aromatic heterocycles. The number of anilines is 2. The molecule has 0 saturated carbocycles. The fourth-order valence-corrected chi connectivity index (χ4v) is 5.32. The largest absolute Gasteiger partial charge is 0.390 e. The van der Waals surface area contributed by atoms with Crippen LogP contribution >= 0.6 is 0 Å². The average molecular weight is 473 g/mol. The van der Waals surface area contributed by atoms with Crippen LogP contribution in [-0.2, 0) is 11.3 Å². The molecule has 0 amide bonds. The van der Waals surface area contributed by atoms with Crippen molar-refractivity contribution in [1.29, 1.82) is 5.26 Å². The zero-order chi connectivity index (χ0) is 24.4. The molecule has 2 unspecified atom stereocenters. The minimum atomic E-state index is -0.0392. The molecule has 0 radical (unpaired) electrons. The predicted molar refractivity (Wildman–Crippen MR) is 137 cm³/mol. The van der Waals surface area contributed by atoms with E-state index in [4.69, 9.17) is 4.74 Å². The normalized spacial score (nSPS) is 22.5. The lowest BCUT2D eigenvalue weighted by Crippen LogP contribution is -2.51. The maximum absolute atomic E-state index is 9.49. The van der Waals surface area contributed by atoms with Crippen LogP contribution in [0, 0.1) is 18.3 Å². The number of nitrogens with zero attached hydrogens (tertiary/aromatic N) is 5. The first-order valence-electron chi connectivity index (χ1n) is 12.3. The molecule has 3 aromatic rings. The van der Waals surface area contributed by atoms with Crippen LogP contribution in [0.5, 0.6) is 0 Å². The standard InChI is InChI=1S/C27H32N6O2/c1-18-10-23(11-22(17-34)31-18)32-9-7-21(15-32)30-13-24-16-33(14-19(2)35-24)26-6-5-20(12-28)27-25(26)4-3-8-29-27/h3-6,8,10-11,19,21,24,30,34H,7,9,13-17H2,1-2H3/t19?,21-,24?/m0/s1. The predicted octanol–water partition coefficient (Wildman–Crippen LogP) is 2.76. The Balaban J connectivity index is 1.24. The number of rotatable bonds is 6. The number of fused-ring (bicyclic) bond motifs is 1. The maximum atomic E-state index is 9.49. The van der Waals surface area contributed by atoms with Crippen molar-refractivity contribution >= 4 is 22.3 Å². The van der Waals surface area contributed by atoms with E-state index in [1.807, 2.05) is 37.3 Å². The average Bonchev–Trinajstić information content (AvgIpc) is 3.35. The number of aryl methyl sites for hydroxylation is 1. The van der Waals surface area contributed by atoms with Crippen molar-refractivity contribution in [3.8, 4) is 6.07 Å². The fraction of sp³-hybridized carbons (Fsp3) is 0.444. The highest BCUT2D eigenvalue weighted by molar-refractivity contribution is 5.95. The van der Waals surface area contributed by atoms with Gasteiger partial charge in [0, 0.05) is 67.4 Å². The summed E-state index contributed by atoms with van der Waals surface area (Å²) in [7, 11) is 0. The number of ether oxygens (including phenoxy) is 1. The second-order valence-electron chi connectivity index (χ2n) is 9.57. The molecule has 2 fully saturated rings. The Morgan fingerprint density at radius 3 is 2.91 bits per heavy atom. The van der Waals surface area contributed by atoms with E-state index in [0.717, 1.165) is 67.1 Å². The second-order valence-corrected chi connectivity index (χ2v) is 9.57. The van der Waals surface area contributed by atoms with Crippen LogP contribution in [0.15, 0.2) is 42.6 Å². The number of hydrogen-bond donors (Lipinski definition) is 2. The van der Waals surface area contributed by atoms with Gasteiger partial charge in [-0.25, -0.2) is 0 Å². The number of pyridine rings is 2. The lowest BCUT2D eigenvalue weighted by molar-refractivity contribution is -0.0155. The van der Waals surface area contributed by atoms with E-state index in [1.54, 1.807) is 6.20 Å². The Kier molecular flexibility index (Phi) is 6.82. The van der Waals surface area contributed by atoms with Gasteiger partial charge in [0.2, 0.25) is 0 Å². The first kappa shape index (κ1) is 23.5. The highest BCUT2D eigenvalue weighted by Gasteiger charge is 2.29. The second kappa shape index (κ2) is 10.2. The summed E-state index contributed by atoms with van der Waals surface area (Å²) in [4.78, 5) is 13.6. The molecule has 2 aliphatic rings. The van der Waals surface area contributed by atoms with E-state index in [9.17, 15) is 10.4 Å². The van der Waals surface area contributed by atoms with Crippen molar-refractivity contribution in [3.05, 3.63) is 59.5 Å². The third kappa shape index (κ3) is 5.08. The van der Waals surface area contributed by atoms with Crippen LogP contribution in [0.25, 0.3) is 10.9 Å². The van der Waals surface area contributed by atoms with Gasteiger partial charge in [-0.05, 0) is 56.7 Å². The van der Waals surface area contributed by atoms with Gasteiger partial charge in [-0.2, -0.15) is 5.26 Å². The van der Waals surface area contributed by atoms with Gasteiger partial charge >= 0.3 is 0 Å². The van der Waals surface area contributed by atoms with E-state index in [2.05, 4.69) is 44.1 Å². The Morgan fingerprint density at radius 2 is 2.09 bits per heavy atom. The number of benzene rings is 1. The van der Waals surface area contributed by atoms with Crippen molar-refractivity contribution < 1.29 is 9.84 Å². The van der Waals surface area contributed by atoms with Gasteiger partial charge in [0.15, 0.2) is 0 Å². The van der Waals surface area contributed by atoms with E-state index in [0.29, 0.717) is 17.3 Å². The van der Waals surface area contributed by atoms with Gasteiger partial charge in [0.1, 0.15) is 6.07 Å². The van der Waals surface area contributed by atoms with Crippen LogP contribution in [-0.4, -0.2) is 66.0 Å². The smallest absolute Gasteiger partial charge is 0.101 e. The quantitative estimate of drug-likeness (QED) is 0.565. The molecule has 35 heavy (non-hydrogen) atoms. The molecule has 3 atom stereocenters. The van der Waals surface area contributed by atoms with Crippen molar-refractivity contribution in [2.24, 2.45) is 0 Å². The molecule has 2 N–H and O–H groups in total. The summed E-state index contributed by atoms with van der Waals surface area (Å²) in [6, 6.07) is 14.6. The summed E-state index contributed by atoms with van der Waals surface area (Å²) in [6.45, 7) is 8.31. The molecule has 8 heteroatoms. The molecule has 5 rings (SSSR count). The van der Waals surface area contributed by atoms with Gasteiger partial charge in [-0.1, -0.05) is 0 Å². The lowest BCUT2D eigenvalue weighted by atomic mass is 10.1. The Morgan fingerprint density at radius 1 is 1.20 bits per heavy atom. The first-order valence-corrected chi connectivity index (χ1v) is 12.3. The molecule has 0 bridgehead atoms. The summed E-state index contributed by atoms with van der Waals surface area (Å²) in [5, 5.41) is 23.7. The number of aromatic nitrogens is 2. The van der Waals surface area contributed by atoms with E-state index < -0.39 is 0 Å². The zero-order valence-corrected chi connectivity index (χ0v) is 20.3. The molecule has 0 aliphatic carbocycles. The van der Waals surface area contributed by atoms with Crippen LogP contribution in [0.2, 0.25) is 0 Å². The number of nitriles is 1. The minimum absolute atomic E-state index is 0.0392. The Labute approximate surface area is 206 Å². The molecular weight excluding hydrogens is 440 g/mol. The molecule has 4 heterocycles. The topological polar surface area (TPSA) is 97.5 Å². The number of hydrogen-bond acceptors (Lipinski definition) is 8. The fourth-order valence-electron chi connectivity index (χ4n) is 5.32. The number of aliphatic hydroxyl groups is 1. The van der Waals surface area contributed by atoms with Crippen molar-refractivity contribution in [2.45, 2.75) is 45.1 Å². The van der Waals surface area contributed by atoms with E-state index in [1.165, 1.54) is 0 Å². The minimum Gasteiger partial charge on any atom is -0.390 e. The Hall–Kier alpha value is -3.25. The SMILES string of the molecule is Cc1cc(N2CC[C@H](NCC3CN(c4ccc(C#N)c5ncccc45)CC(C)O3)C2)cc(CO)n1. The summed E-state index contributed by atoms with van der Waals surface area (Å²) >= 11 is 0. The molecule has 1 aromatic carbocycles. The number of morpholine rings is 1. The lowest BCUT2D eigenvalue weighted by Gasteiger charge is -2.39. The third-order valence-corrected chi connectivity index (χ3v) is 6.87. The van der Waals surface area contributed by atoms with Gasteiger partial charge in [-0.3, -0.25) is 9.97 Å². The van der Waals surface area contributed by atoms with Gasteiger partial charge in [-0.15, -0.1) is 0 Å².